The van der Waals surface area contributed by atoms with Crippen molar-refractivity contribution in [1.82, 2.24) is 9.97 Å². The lowest BCUT2D eigenvalue weighted by molar-refractivity contribution is 0.233. The van der Waals surface area contributed by atoms with E-state index in [1.165, 1.54) is 0 Å². The highest BCUT2D eigenvalue weighted by Gasteiger charge is 2.13. The maximum absolute atomic E-state index is 5.66. The Morgan fingerprint density at radius 3 is 2.60 bits per heavy atom. The van der Waals surface area contributed by atoms with Crippen molar-refractivity contribution in [3.63, 3.8) is 0 Å². The first-order valence-corrected chi connectivity index (χ1v) is 8.79. The van der Waals surface area contributed by atoms with Crippen LogP contribution in [-0.4, -0.2) is 30.3 Å². The standard InChI is InChI=1S/C19H20N2O3S/c1-12(2)24-18-9-13(7-8-20-18)19-21-16(11-25-19)15-6-5-14(22-3)10-17(15)23-4/h5-12H,1-4H3. The summed E-state index contributed by atoms with van der Waals surface area (Å²) in [7, 11) is 3.28. The van der Waals surface area contributed by atoms with Gasteiger partial charge in [0.05, 0.1) is 26.0 Å². The van der Waals surface area contributed by atoms with Crippen LogP contribution in [0.4, 0.5) is 0 Å². The zero-order valence-corrected chi connectivity index (χ0v) is 15.5. The van der Waals surface area contributed by atoms with E-state index in [2.05, 4.69) is 4.98 Å². The van der Waals surface area contributed by atoms with Gasteiger partial charge in [-0.05, 0) is 32.0 Å². The predicted octanol–water partition coefficient (Wildman–Crippen LogP) is 4.68. The second kappa shape index (κ2) is 7.53. The minimum absolute atomic E-state index is 0.0816. The van der Waals surface area contributed by atoms with Crippen molar-refractivity contribution in [3.05, 3.63) is 41.9 Å². The molecule has 0 saturated heterocycles. The third-order valence-corrected chi connectivity index (χ3v) is 4.42. The molecule has 3 aromatic rings. The van der Waals surface area contributed by atoms with Crippen molar-refractivity contribution in [2.24, 2.45) is 0 Å². The first-order chi connectivity index (χ1) is 12.1. The summed E-state index contributed by atoms with van der Waals surface area (Å²) in [6.45, 7) is 3.96. The SMILES string of the molecule is COc1ccc(-c2csc(-c3ccnc(OC(C)C)c3)n2)c(OC)c1. The van der Waals surface area contributed by atoms with Crippen LogP contribution in [0.5, 0.6) is 17.4 Å². The molecule has 5 nitrogen and oxygen atoms in total. The van der Waals surface area contributed by atoms with Gasteiger partial charge in [-0.25, -0.2) is 9.97 Å². The Labute approximate surface area is 151 Å². The molecule has 1 aromatic carbocycles. The fourth-order valence-electron chi connectivity index (χ4n) is 2.39. The molecule has 0 fully saturated rings. The van der Waals surface area contributed by atoms with E-state index >= 15 is 0 Å². The molecule has 0 radical (unpaired) electrons. The Morgan fingerprint density at radius 2 is 1.88 bits per heavy atom. The molecule has 0 amide bonds. The van der Waals surface area contributed by atoms with E-state index in [1.54, 1.807) is 31.8 Å². The number of nitrogens with zero attached hydrogens (tertiary/aromatic N) is 2. The monoisotopic (exact) mass is 356 g/mol. The molecule has 0 aliphatic rings. The van der Waals surface area contributed by atoms with E-state index < -0.39 is 0 Å². The number of thiazole rings is 1. The highest BCUT2D eigenvalue weighted by atomic mass is 32.1. The first-order valence-electron chi connectivity index (χ1n) is 7.91. The van der Waals surface area contributed by atoms with Crippen LogP contribution < -0.4 is 14.2 Å². The first kappa shape index (κ1) is 17.2. The zero-order valence-electron chi connectivity index (χ0n) is 14.6. The molecule has 2 heterocycles. The highest BCUT2D eigenvalue weighted by Crippen LogP contribution is 2.36. The number of benzene rings is 1. The molecule has 3 rings (SSSR count). The maximum atomic E-state index is 5.66. The van der Waals surface area contributed by atoms with Crippen LogP contribution in [0, 0.1) is 0 Å². The molecule has 2 aromatic heterocycles. The summed E-state index contributed by atoms with van der Waals surface area (Å²) in [6.07, 6.45) is 1.82. The smallest absolute Gasteiger partial charge is 0.214 e. The molecule has 130 valence electrons. The van der Waals surface area contributed by atoms with E-state index in [0.717, 1.165) is 33.3 Å². The number of aromatic nitrogens is 2. The zero-order chi connectivity index (χ0) is 17.8. The van der Waals surface area contributed by atoms with E-state index in [-0.39, 0.29) is 6.10 Å². The van der Waals surface area contributed by atoms with Crippen LogP contribution in [0.2, 0.25) is 0 Å². The van der Waals surface area contributed by atoms with Gasteiger partial charge in [0, 0.05) is 34.8 Å². The predicted molar refractivity (Wildman–Crippen MR) is 99.6 cm³/mol. The molecular weight excluding hydrogens is 336 g/mol. The van der Waals surface area contributed by atoms with E-state index in [1.807, 2.05) is 49.6 Å². The van der Waals surface area contributed by atoms with Gasteiger partial charge in [0.25, 0.3) is 0 Å². The molecule has 0 N–H and O–H groups in total. The van der Waals surface area contributed by atoms with Gasteiger partial charge in [0.2, 0.25) is 5.88 Å². The van der Waals surface area contributed by atoms with Crippen LogP contribution in [0.3, 0.4) is 0 Å². The van der Waals surface area contributed by atoms with Crippen LogP contribution >= 0.6 is 11.3 Å². The van der Waals surface area contributed by atoms with Crippen molar-refractivity contribution in [2.75, 3.05) is 14.2 Å². The molecule has 0 aliphatic carbocycles. The lowest BCUT2D eigenvalue weighted by atomic mass is 10.1. The number of pyridine rings is 1. The Bertz CT molecular complexity index is 861. The summed E-state index contributed by atoms with van der Waals surface area (Å²) in [4.78, 5) is 8.99. The van der Waals surface area contributed by atoms with Crippen molar-refractivity contribution in [1.29, 1.82) is 0 Å². The van der Waals surface area contributed by atoms with Crippen molar-refractivity contribution < 1.29 is 14.2 Å². The molecule has 0 bridgehead atoms. The van der Waals surface area contributed by atoms with Gasteiger partial charge in [0.15, 0.2) is 0 Å². The quantitative estimate of drug-likeness (QED) is 0.642. The lowest BCUT2D eigenvalue weighted by Crippen LogP contribution is -2.06. The molecule has 0 saturated carbocycles. The summed E-state index contributed by atoms with van der Waals surface area (Å²) in [6, 6.07) is 9.55. The second-order valence-corrected chi connectivity index (χ2v) is 6.51. The summed E-state index contributed by atoms with van der Waals surface area (Å²) < 4.78 is 16.4. The van der Waals surface area contributed by atoms with Crippen LogP contribution in [0.15, 0.2) is 41.9 Å². The molecule has 6 heteroatoms. The minimum atomic E-state index is 0.0816. The molecule has 0 unspecified atom stereocenters. The summed E-state index contributed by atoms with van der Waals surface area (Å²) in [5, 5.41) is 2.92. The van der Waals surface area contributed by atoms with Gasteiger partial charge in [-0.15, -0.1) is 11.3 Å². The van der Waals surface area contributed by atoms with Gasteiger partial charge in [-0.1, -0.05) is 0 Å². The van der Waals surface area contributed by atoms with Gasteiger partial charge in [-0.3, -0.25) is 0 Å². The van der Waals surface area contributed by atoms with Gasteiger partial charge < -0.3 is 14.2 Å². The Balaban J connectivity index is 1.93. The highest BCUT2D eigenvalue weighted by molar-refractivity contribution is 7.13. The molecule has 0 atom stereocenters. The van der Waals surface area contributed by atoms with Gasteiger partial charge >= 0.3 is 0 Å². The second-order valence-electron chi connectivity index (χ2n) is 5.65. The Hall–Kier alpha value is -2.60. The molecule has 25 heavy (non-hydrogen) atoms. The number of hydrogen-bond donors (Lipinski definition) is 0. The molecule has 0 spiro atoms. The maximum Gasteiger partial charge on any atom is 0.214 e. The van der Waals surface area contributed by atoms with E-state index in [0.29, 0.717) is 5.88 Å². The van der Waals surface area contributed by atoms with E-state index in [9.17, 15) is 0 Å². The number of hydrogen-bond acceptors (Lipinski definition) is 6. The van der Waals surface area contributed by atoms with Gasteiger partial charge in [-0.2, -0.15) is 0 Å². The van der Waals surface area contributed by atoms with Crippen molar-refractivity contribution in [2.45, 2.75) is 20.0 Å². The minimum Gasteiger partial charge on any atom is -0.497 e. The fraction of sp³-hybridized carbons (Fsp3) is 0.263. The van der Waals surface area contributed by atoms with Crippen molar-refractivity contribution >= 4 is 11.3 Å². The fourth-order valence-corrected chi connectivity index (χ4v) is 3.21. The van der Waals surface area contributed by atoms with Crippen LogP contribution in [0.1, 0.15) is 13.8 Å². The number of rotatable bonds is 6. The third-order valence-electron chi connectivity index (χ3n) is 3.53. The third kappa shape index (κ3) is 3.91. The Morgan fingerprint density at radius 1 is 1.04 bits per heavy atom. The molecular formula is C19H20N2O3S. The summed E-state index contributed by atoms with van der Waals surface area (Å²) in [5.41, 5.74) is 2.77. The largest absolute Gasteiger partial charge is 0.497 e. The number of methoxy groups -OCH3 is 2. The average molecular weight is 356 g/mol. The Kier molecular flexibility index (Phi) is 5.19. The van der Waals surface area contributed by atoms with E-state index in [4.69, 9.17) is 19.2 Å². The topological polar surface area (TPSA) is 53.5 Å². The van der Waals surface area contributed by atoms with Crippen LogP contribution in [0.25, 0.3) is 21.8 Å². The van der Waals surface area contributed by atoms with Gasteiger partial charge in [0.1, 0.15) is 16.5 Å². The average Bonchev–Trinajstić information content (AvgIpc) is 3.10. The summed E-state index contributed by atoms with van der Waals surface area (Å²) in [5.74, 6) is 2.08. The molecule has 0 aliphatic heterocycles. The normalized spacial score (nSPS) is 10.8. The number of ether oxygens (including phenoxy) is 3. The summed E-state index contributed by atoms with van der Waals surface area (Å²) >= 11 is 1.57. The van der Waals surface area contributed by atoms with Crippen molar-refractivity contribution in [3.8, 4) is 39.2 Å². The lowest BCUT2D eigenvalue weighted by Gasteiger charge is -2.09. The van der Waals surface area contributed by atoms with Crippen LogP contribution in [-0.2, 0) is 0 Å².